The van der Waals surface area contributed by atoms with Crippen molar-refractivity contribution in [3.05, 3.63) is 76.5 Å². The first kappa shape index (κ1) is 18.3. The van der Waals surface area contributed by atoms with Crippen LogP contribution in [-0.2, 0) is 16.1 Å². The molecular formula is C20H18BrFN2O2. The Morgan fingerprint density at radius 1 is 1.35 bits per heavy atom. The lowest BCUT2D eigenvalue weighted by molar-refractivity contribution is -0.135. The molecule has 0 saturated heterocycles. The fraction of sp³-hybridized carbons (Fsp3) is 0.200. The molecule has 1 aliphatic rings. The van der Waals surface area contributed by atoms with Crippen molar-refractivity contribution in [1.82, 2.24) is 4.90 Å². The number of halogens is 2. The van der Waals surface area contributed by atoms with Gasteiger partial charge in [0.1, 0.15) is 5.82 Å². The van der Waals surface area contributed by atoms with Gasteiger partial charge in [0, 0.05) is 35.2 Å². The summed E-state index contributed by atoms with van der Waals surface area (Å²) in [5.41, 5.74) is 1.83. The zero-order valence-corrected chi connectivity index (χ0v) is 15.6. The molecule has 0 aromatic heterocycles. The molecule has 0 spiro atoms. The molecule has 1 unspecified atom stereocenters. The van der Waals surface area contributed by atoms with Crippen LogP contribution >= 0.6 is 15.9 Å². The van der Waals surface area contributed by atoms with Gasteiger partial charge in [-0.3, -0.25) is 9.59 Å². The highest BCUT2D eigenvalue weighted by atomic mass is 79.9. The monoisotopic (exact) mass is 416 g/mol. The van der Waals surface area contributed by atoms with Crippen LogP contribution in [0.5, 0.6) is 0 Å². The predicted octanol–water partition coefficient (Wildman–Crippen LogP) is 4.23. The fourth-order valence-electron chi connectivity index (χ4n) is 3.11. The maximum atomic E-state index is 14.1. The maximum absolute atomic E-state index is 14.1. The summed E-state index contributed by atoms with van der Waals surface area (Å²) in [6, 6.07) is 11.9. The first-order valence-electron chi connectivity index (χ1n) is 8.22. The van der Waals surface area contributed by atoms with Gasteiger partial charge in [0.2, 0.25) is 11.8 Å². The number of carbonyl (C=O) groups excluding carboxylic acids is 2. The lowest BCUT2D eigenvalue weighted by atomic mass is 9.89. The molecule has 2 aromatic carbocycles. The van der Waals surface area contributed by atoms with Gasteiger partial charge in [-0.05, 0) is 29.8 Å². The largest absolute Gasteiger partial charge is 0.334 e. The van der Waals surface area contributed by atoms with E-state index in [9.17, 15) is 14.0 Å². The summed E-state index contributed by atoms with van der Waals surface area (Å²) in [5.74, 6) is -1.38. The molecule has 4 nitrogen and oxygen atoms in total. The molecule has 1 atom stereocenters. The Bertz CT molecular complexity index is 869. The van der Waals surface area contributed by atoms with E-state index in [-0.39, 0.29) is 37.1 Å². The number of amides is 2. The quantitative estimate of drug-likeness (QED) is 0.741. The SMILES string of the molecule is C=CCN(Cc1cc(Br)ccc1F)C(=O)C1CC(=O)Nc2ccccc21. The van der Waals surface area contributed by atoms with Crippen LogP contribution in [0.2, 0.25) is 0 Å². The van der Waals surface area contributed by atoms with E-state index < -0.39 is 5.92 Å². The fourth-order valence-corrected chi connectivity index (χ4v) is 3.52. The van der Waals surface area contributed by atoms with Crippen LogP contribution in [0.4, 0.5) is 10.1 Å². The topological polar surface area (TPSA) is 49.4 Å². The van der Waals surface area contributed by atoms with E-state index in [1.54, 1.807) is 24.3 Å². The molecule has 134 valence electrons. The number of anilines is 1. The summed E-state index contributed by atoms with van der Waals surface area (Å²) in [4.78, 5) is 26.7. The first-order valence-corrected chi connectivity index (χ1v) is 9.01. The normalized spacial score (nSPS) is 15.8. The smallest absolute Gasteiger partial charge is 0.231 e. The summed E-state index contributed by atoms with van der Waals surface area (Å²) in [6.07, 6.45) is 1.67. The highest BCUT2D eigenvalue weighted by Crippen LogP contribution is 2.33. The van der Waals surface area contributed by atoms with E-state index in [0.717, 1.165) is 10.0 Å². The van der Waals surface area contributed by atoms with Gasteiger partial charge in [0.15, 0.2) is 0 Å². The second-order valence-corrected chi connectivity index (χ2v) is 7.05. The highest BCUT2D eigenvalue weighted by Gasteiger charge is 2.33. The van der Waals surface area contributed by atoms with Gasteiger partial charge in [-0.1, -0.05) is 40.2 Å². The van der Waals surface area contributed by atoms with Crippen LogP contribution in [-0.4, -0.2) is 23.3 Å². The van der Waals surface area contributed by atoms with Gasteiger partial charge < -0.3 is 10.2 Å². The Kier molecular flexibility index (Phi) is 5.52. The lowest BCUT2D eigenvalue weighted by Gasteiger charge is -2.30. The number of para-hydroxylation sites is 1. The number of rotatable bonds is 5. The van der Waals surface area contributed by atoms with Gasteiger partial charge in [-0.15, -0.1) is 6.58 Å². The van der Waals surface area contributed by atoms with Crippen LogP contribution in [0.1, 0.15) is 23.5 Å². The molecule has 2 amide bonds. The van der Waals surface area contributed by atoms with Crippen molar-refractivity contribution in [2.45, 2.75) is 18.9 Å². The number of nitrogens with one attached hydrogen (secondary N) is 1. The van der Waals surface area contributed by atoms with Crippen LogP contribution in [0, 0.1) is 5.82 Å². The van der Waals surface area contributed by atoms with E-state index >= 15 is 0 Å². The summed E-state index contributed by atoms with van der Waals surface area (Å²) in [6.45, 7) is 4.07. The Hall–Kier alpha value is -2.47. The Morgan fingerprint density at radius 3 is 2.88 bits per heavy atom. The Labute approximate surface area is 159 Å². The van der Waals surface area contributed by atoms with Crippen LogP contribution in [0.3, 0.4) is 0 Å². The summed E-state index contributed by atoms with van der Waals surface area (Å²) in [7, 11) is 0. The summed E-state index contributed by atoms with van der Waals surface area (Å²) in [5, 5.41) is 2.79. The minimum atomic E-state index is -0.588. The number of fused-ring (bicyclic) bond motifs is 1. The van der Waals surface area contributed by atoms with E-state index in [0.29, 0.717) is 11.3 Å². The Balaban J connectivity index is 1.91. The number of benzene rings is 2. The van der Waals surface area contributed by atoms with E-state index in [4.69, 9.17) is 0 Å². The number of hydrogen-bond donors (Lipinski definition) is 1. The van der Waals surface area contributed by atoms with E-state index in [1.807, 2.05) is 18.2 Å². The molecule has 0 fully saturated rings. The van der Waals surface area contributed by atoms with Gasteiger partial charge in [-0.2, -0.15) is 0 Å². The van der Waals surface area contributed by atoms with Gasteiger partial charge in [-0.25, -0.2) is 4.39 Å². The van der Waals surface area contributed by atoms with Crippen LogP contribution in [0.25, 0.3) is 0 Å². The molecule has 0 bridgehead atoms. The highest BCUT2D eigenvalue weighted by molar-refractivity contribution is 9.10. The van der Waals surface area contributed by atoms with Crippen molar-refractivity contribution in [2.75, 3.05) is 11.9 Å². The molecule has 0 saturated carbocycles. The third-order valence-electron chi connectivity index (χ3n) is 4.33. The minimum Gasteiger partial charge on any atom is -0.334 e. The molecular weight excluding hydrogens is 399 g/mol. The van der Waals surface area contributed by atoms with E-state index in [2.05, 4.69) is 27.8 Å². The standard InChI is InChI=1S/C20H18BrFN2O2/c1-2-9-24(12-13-10-14(21)7-8-17(13)22)20(26)16-11-19(25)23-18-6-4-3-5-15(16)18/h2-8,10,16H,1,9,11-12H2,(H,23,25). The van der Waals surface area contributed by atoms with Gasteiger partial charge >= 0.3 is 0 Å². The van der Waals surface area contributed by atoms with Gasteiger partial charge in [0.05, 0.1) is 5.92 Å². The molecule has 1 N–H and O–H groups in total. The van der Waals surface area contributed by atoms with Crippen molar-refractivity contribution >= 4 is 33.4 Å². The van der Waals surface area contributed by atoms with Gasteiger partial charge in [0.25, 0.3) is 0 Å². The average Bonchev–Trinajstić information content (AvgIpc) is 2.63. The van der Waals surface area contributed by atoms with Crippen molar-refractivity contribution in [2.24, 2.45) is 0 Å². The number of carbonyl (C=O) groups is 2. The molecule has 6 heteroatoms. The van der Waals surface area contributed by atoms with Crippen molar-refractivity contribution in [3.63, 3.8) is 0 Å². The average molecular weight is 417 g/mol. The summed E-state index contributed by atoms with van der Waals surface area (Å²) >= 11 is 3.32. The molecule has 3 rings (SSSR count). The Morgan fingerprint density at radius 2 is 2.12 bits per heavy atom. The molecule has 0 radical (unpaired) electrons. The lowest BCUT2D eigenvalue weighted by Crippen LogP contribution is -2.38. The zero-order valence-electron chi connectivity index (χ0n) is 14.0. The molecule has 1 aliphatic heterocycles. The van der Waals surface area contributed by atoms with Crippen molar-refractivity contribution in [1.29, 1.82) is 0 Å². The van der Waals surface area contributed by atoms with Crippen LogP contribution < -0.4 is 5.32 Å². The minimum absolute atomic E-state index is 0.0739. The van der Waals surface area contributed by atoms with E-state index in [1.165, 1.54) is 11.0 Å². The van der Waals surface area contributed by atoms with Crippen molar-refractivity contribution in [3.8, 4) is 0 Å². The van der Waals surface area contributed by atoms with Crippen molar-refractivity contribution < 1.29 is 14.0 Å². The molecule has 2 aromatic rings. The predicted molar refractivity (Wildman–Crippen MR) is 102 cm³/mol. The second kappa shape index (κ2) is 7.83. The maximum Gasteiger partial charge on any atom is 0.231 e. The first-order chi connectivity index (χ1) is 12.5. The third kappa shape index (κ3) is 3.85. The molecule has 1 heterocycles. The molecule has 0 aliphatic carbocycles. The molecule has 26 heavy (non-hydrogen) atoms. The summed E-state index contributed by atoms with van der Waals surface area (Å²) < 4.78 is 14.9. The number of nitrogens with zero attached hydrogens (tertiary/aromatic N) is 1. The second-order valence-electron chi connectivity index (χ2n) is 6.14. The number of hydrogen-bond acceptors (Lipinski definition) is 2. The third-order valence-corrected chi connectivity index (χ3v) is 4.82. The van der Waals surface area contributed by atoms with Crippen LogP contribution in [0.15, 0.2) is 59.6 Å². The zero-order chi connectivity index (χ0) is 18.7.